The molecule has 0 unspecified atom stereocenters. The van der Waals surface area contributed by atoms with Crippen molar-refractivity contribution >= 4 is 56.8 Å². The van der Waals surface area contributed by atoms with Crippen molar-refractivity contribution in [2.45, 2.75) is 153 Å². The molecular weight excluding hydrogens is 857 g/mol. The average molecular weight is 929 g/mol. The van der Waals surface area contributed by atoms with Gasteiger partial charge in [-0.05, 0) is 139 Å². The number of benzene rings is 2. The Labute approximate surface area is 400 Å². The molecule has 6 N–H and O–H groups in total. The molecule has 0 spiro atoms. The molecule has 2 aromatic carbocycles. The lowest BCUT2D eigenvalue weighted by Gasteiger charge is -2.35. The Morgan fingerprint density at radius 2 is 0.970 bits per heavy atom. The number of hydrogen-bond donors (Lipinski definition) is 6. The van der Waals surface area contributed by atoms with Crippen molar-refractivity contribution in [2.24, 2.45) is 11.8 Å². The van der Waals surface area contributed by atoms with Gasteiger partial charge in [-0.25, -0.2) is 0 Å². The molecule has 3 aromatic heterocycles. The van der Waals surface area contributed by atoms with E-state index in [9.17, 15) is 19.2 Å². The van der Waals surface area contributed by atoms with Crippen LogP contribution in [0.4, 0.5) is 0 Å². The number of rotatable bonds is 16. The third-order valence-electron chi connectivity index (χ3n) is 15.9. The van der Waals surface area contributed by atoms with Gasteiger partial charge in [0.2, 0.25) is 23.6 Å². The molecule has 13 heteroatoms. The van der Waals surface area contributed by atoms with Crippen molar-refractivity contribution in [2.75, 3.05) is 27.2 Å². The number of nitrogens with one attached hydrogen (secondary N) is 6. The lowest BCUT2D eigenvalue weighted by atomic mass is 9.83. The lowest BCUT2D eigenvalue weighted by molar-refractivity contribution is -0.139. The largest absolute Gasteiger partial charge is 0.354 e. The first kappa shape index (κ1) is 47.1. The Morgan fingerprint density at radius 1 is 0.567 bits per heavy atom. The number of aromatic amines is 2. The quantitative estimate of drug-likeness (QED) is 0.0584. The Morgan fingerprint density at radius 3 is 1.37 bits per heavy atom. The molecule has 2 aliphatic heterocycles. The predicted octanol–water partition coefficient (Wildman–Crippen LogP) is 8.46. The first-order chi connectivity index (χ1) is 32.6. The highest BCUT2D eigenvalue weighted by Crippen LogP contribution is 2.43. The standard InChI is InChI=1S/C54H72N8O4S/c1-33(55-3)51(63)59-47(35-17-7-5-8-18-35)53(65)61-29-15-21-37(61)31-41-39-23-11-13-25-43(39)57-49(41)45-27-28-46(67-45)50-42(40-24-12-14-26-44(40)58-50)32-38-22-16-30-62(38)54(66)48(36-19-9-6-10-20-36)60-52(64)34(2)56-4/h11-14,23-28,33-38,47-48,55-58H,5-10,15-22,29-32H2,1-4H3,(H,59,63)(H,60,64)/t33-,34-,37-,38+,47-,48-/m0/s1. The molecule has 2 saturated heterocycles. The summed E-state index contributed by atoms with van der Waals surface area (Å²) in [5.74, 6) is 0.188. The second kappa shape index (κ2) is 21.1. The van der Waals surface area contributed by atoms with Crippen LogP contribution in [0, 0.1) is 11.8 Å². The van der Waals surface area contributed by atoms with Crippen LogP contribution in [0.3, 0.4) is 0 Å². The summed E-state index contributed by atoms with van der Waals surface area (Å²) in [5.41, 5.74) is 6.77. The minimum atomic E-state index is -0.516. The Kier molecular flexibility index (Phi) is 14.8. The van der Waals surface area contributed by atoms with Crippen LogP contribution in [0.25, 0.3) is 42.9 Å². The second-order valence-electron chi connectivity index (χ2n) is 20.1. The zero-order valence-electron chi connectivity index (χ0n) is 40.1. The SMILES string of the molecule is CN[C@@H](C)C(=O)N[C@H](C(=O)N1CCC[C@@H]1Cc1c(-c2ccc(-c3[nH]c4ccccc4c3C[C@@H]3CCCN3C(=O)[C@@H](NC(=O)[C@H](C)NC)C3CCCCC3)s2)[nH]c2ccccc12)C1CCCCC1. The van der Waals surface area contributed by atoms with E-state index in [1.54, 1.807) is 25.4 Å². The van der Waals surface area contributed by atoms with Crippen LogP contribution in [-0.4, -0.2) is 107 Å². The van der Waals surface area contributed by atoms with Gasteiger partial charge in [0.05, 0.1) is 33.2 Å². The average Bonchev–Trinajstić information content (AvgIpc) is 4.23. The number of likely N-dealkylation sites (tertiary alicyclic amines) is 2. The van der Waals surface area contributed by atoms with Crippen molar-refractivity contribution in [3.63, 3.8) is 0 Å². The van der Waals surface area contributed by atoms with Crippen molar-refractivity contribution in [3.05, 3.63) is 71.8 Å². The van der Waals surface area contributed by atoms with Crippen LogP contribution in [0.5, 0.6) is 0 Å². The molecule has 4 aliphatic rings. The Hall–Kier alpha value is -4.98. The predicted molar refractivity (Wildman–Crippen MR) is 270 cm³/mol. The van der Waals surface area contributed by atoms with E-state index in [1.165, 1.54) is 34.7 Å². The highest BCUT2D eigenvalue weighted by atomic mass is 32.1. The number of aromatic nitrogens is 2. The molecule has 2 saturated carbocycles. The van der Waals surface area contributed by atoms with E-state index in [0.29, 0.717) is 13.1 Å². The summed E-state index contributed by atoms with van der Waals surface area (Å²) in [7, 11) is 3.57. The number of H-pyrrole nitrogens is 2. The molecule has 2 aliphatic carbocycles. The van der Waals surface area contributed by atoms with Crippen molar-refractivity contribution in [1.29, 1.82) is 0 Å². The van der Waals surface area contributed by atoms with E-state index in [2.05, 4.69) is 102 Å². The molecule has 67 heavy (non-hydrogen) atoms. The molecule has 5 heterocycles. The first-order valence-electron chi connectivity index (χ1n) is 25.5. The number of nitrogens with zero attached hydrogens (tertiary/aromatic N) is 2. The van der Waals surface area contributed by atoms with Crippen molar-refractivity contribution < 1.29 is 19.2 Å². The van der Waals surface area contributed by atoms with Crippen LogP contribution in [0.2, 0.25) is 0 Å². The summed E-state index contributed by atoms with van der Waals surface area (Å²) in [6, 6.07) is 19.7. The van der Waals surface area contributed by atoms with Gasteiger partial charge >= 0.3 is 0 Å². The Balaban J connectivity index is 0.998. The number of para-hydroxylation sites is 2. The monoisotopic (exact) mass is 929 g/mol. The highest BCUT2D eigenvalue weighted by Gasteiger charge is 2.41. The maximum Gasteiger partial charge on any atom is 0.245 e. The summed E-state index contributed by atoms with van der Waals surface area (Å²) < 4.78 is 0. The molecule has 9 rings (SSSR count). The topological polar surface area (TPSA) is 154 Å². The summed E-state index contributed by atoms with van der Waals surface area (Å²) in [4.78, 5) is 70.1. The van der Waals surface area contributed by atoms with Gasteiger partial charge in [0.15, 0.2) is 0 Å². The molecule has 0 bridgehead atoms. The minimum Gasteiger partial charge on any atom is -0.354 e. The van der Waals surface area contributed by atoms with E-state index in [-0.39, 0.29) is 59.6 Å². The van der Waals surface area contributed by atoms with E-state index >= 15 is 0 Å². The third kappa shape index (κ3) is 9.97. The fourth-order valence-corrected chi connectivity index (χ4v) is 12.9. The third-order valence-corrected chi connectivity index (χ3v) is 17.1. The first-order valence-corrected chi connectivity index (χ1v) is 26.3. The van der Waals surface area contributed by atoms with Crippen LogP contribution in [0.15, 0.2) is 60.7 Å². The van der Waals surface area contributed by atoms with Crippen LogP contribution in [-0.2, 0) is 32.0 Å². The molecule has 12 nitrogen and oxygen atoms in total. The smallest absolute Gasteiger partial charge is 0.245 e. The van der Waals surface area contributed by atoms with Gasteiger partial charge in [0, 0.05) is 47.0 Å². The summed E-state index contributed by atoms with van der Waals surface area (Å²) in [6.07, 6.45) is 15.7. The molecule has 4 amide bonds. The zero-order valence-corrected chi connectivity index (χ0v) is 40.9. The van der Waals surface area contributed by atoms with Gasteiger partial charge in [-0.1, -0.05) is 74.9 Å². The highest BCUT2D eigenvalue weighted by molar-refractivity contribution is 7.18. The Bertz CT molecular complexity index is 2360. The van der Waals surface area contributed by atoms with E-state index < -0.39 is 12.1 Å². The van der Waals surface area contributed by atoms with E-state index in [4.69, 9.17) is 0 Å². The fourth-order valence-electron chi connectivity index (χ4n) is 11.9. The number of hydrogen-bond acceptors (Lipinski definition) is 7. The zero-order chi connectivity index (χ0) is 46.6. The summed E-state index contributed by atoms with van der Waals surface area (Å²) in [6.45, 7) is 5.09. The molecule has 4 fully saturated rings. The molecule has 0 radical (unpaired) electrons. The minimum absolute atomic E-state index is 0.0183. The van der Waals surface area contributed by atoms with Crippen molar-refractivity contribution in [1.82, 2.24) is 41.0 Å². The van der Waals surface area contributed by atoms with E-state index in [0.717, 1.165) is 122 Å². The molecule has 5 aromatic rings. The molecule has 358 valence electrons. The van der Waals surface area contributed by atoms with Crippen LogP contribution < -0.4 is 21.3 Å². The normalized spacial score (nSPS) is 21.4. The van der Waals surface area contributed by atoms with Gasteiger partial charge in [0.1, 0.15) is 12.1 Å². The number of carbonyl (C=O) groups excluding carboxylic acids is 4. The van der Waals surface area contributed by atoms with Gasteiger partial charge < -0.3 is 41.0 Å². The molecular formula is C54H72N8O4S. The maximum atomic E-state index is 14.7. The number of fused-ring (bicyclic) bond motifs is 2. The number of thiophene rings is 1. The number of carbonyl (C=O) groups is 4. The van der Waals surface area contributed by atoms with Gasteiger partial charge in [-0.3, -0.25) is 19.2 Å². The van der Waals surface area contributed by atoms with Crippen molar-refractivity contribution in [3.8, 4) is 21.1 Å². The van der Waals surface area contributed by atoms with Crippen LogP contribution >= 0.6 is 11.3 Å². The molecule has 6 atom stereocenters. The van der Waals surface area contributed by atoms with Gasteiger partial charge in [0.25, 0.3) is 0 Å². The second-order valence-corrected chi connectivity index (χ2v) is 21.1. The maximum absolute atomic E-state index is 14.7. The summed E-state index contributed by atoms with van der Waals surface area (Å²) in [5, 5.41) is 14.9. The fraction of sp³-hybridized carbons (Fsp3) is 0.556. The van der Waals surface area contributed by atoms with Crippen LogP contribution in [0.1, 0.15) is 115 Å². The van der Waals surface area contributed by atoms with Gasteiger partial charge in [-0.2, -0.15) is 0 Å². The lowest BCUT2D eigenvalue weighted by Crippen LogP contribution is -2.56. The number of amides is 4. The van der Waals surface area contributed by atoms with E-state index in [1.807, 2.05) is 13.8 Å². The number of likely N-dealkylation sites (N-methyl/N-ethyl adjacent to an activating group) is 2. The summed E-state index contributed by atoms with van der Waals surface area (Å²) >= 11 is 1.77. The van der Waals surface area contributed by atoms with Gasteiger partial charge in [-0.15, -0.1) is 11.3 Å².